The van der Waals surface area contributed by atoms with Crippen molar-refractivity contribution in [2.24, 2.45) is 5.10 Å². The number of benzene rings is 3. The molecule has 1 amide bonds. The van der Waals surface area contributed by atoms with Crippen LogP contribution in [-0.2, 0) is 6.61 Å². The molecule has 0 aromatic heterocycles. The van der Waals surface area contributed by atoms with Gasteiger partial charge >= 0.3 is 0 Å². The number of nitrogens with one attached hydrogen (secondary N) is 1. The molecule has 0 bridgehead atoms. The number of ether oxygens (including phenoxy) is 1. The quantitative estimate of drug-likeness (QED) is 0.443. The summed E-state index contributed by atoms with van der Waals surface area (Å²) in [6.07, 6.45) is 1.58. The Morgan fingerprint density at radius 1 is 1.04 bits per heavy atom. The maximum Gasteiger partial charge on any atom is 0.272 e. The molecule has 0 atom stereocenters. The SMILES string of the molecule is Cc1ccc(COc2ccccc2/C=N/NC(=O)c2ccccc2Br)cc1. The van der Waals surface area contributed by atoms with Crippen LogP contribution in [0.25, 0.3) is 0 Å². The van der Waals surface area contributed by atoms with Gasteiger partial charge in [0.2, 0.25) is 0 Å². The number of para-hydroxylation sites is 1. The number of hydrazone groups is 1. The fourth-order valence-corrected chi connectivity index (χ4v) is 2.89. The van der Waals surface area contributed by atoms with Crippen LogP contribution >= 0.6 is 15.9 Å². The zero-order valence-electron chi connectivity index (χ0n) is 14.9. The van der Waals surface area contributed by atoms with Crippen molar-refractivity contribution in [2.45, 2.75) is 13.5 Å². The second-order valence-corrected chi connectivity index (χ2v) is 6.85. The van der Waals surface area contributed by atoms with Crippen LogP contribution in [0.5, 0.6) is 5.75 Å². The topological polar surface area (TPSA) is 50.7 Å². The van der Waals surface area contributed by atoms with Crippen LogP contribution in [0, 0.1) is 6.92 Å². The average Bonchev–Trinajstić information content (AvgIpc) is 2.68. The fourth-order valence-electron chi connectivity index (χ4n) is 2.43. The number of carbonyl (C=O) groups excluding carboxylic acids is 1. The highest BCUT2D eigenvalue weighted by Gasteiger charge is 2.08. The van der Waals surface area contributed by atoms with E-state index in [9.17, 15) is 4.79 Å². The van der Waals surface area contributed by atoms with E-state index in [0.29, 0.717) is 17.9 Å². The second-order valence-electron chi connectivity index (χ2n) is 5.99. The van der Waals surface area contributed by atoms with Crippen LogP contribution in [-0.4, -0.2) is 12.1 Å². The molecule has 0 aliphatic heterocycles. The van der Waals surface area contributed by atoms with Crippen LogP contribution in [0.1, 0.15) is 27.0 Å². The van der Waals surface area contributed by atoms with Crippen molar-refractivity contribution in [1.29, 1.82) is 0 Å². The molecule has 1 N–H and O–H groups in total. The largest absolute Gasteiger partial charge is 0.488 e. The van der Waals surface area contributed by atoms with E-state index in [1.807, 2.05) is 48.5 Å². The van der Waals surface area contributed by atoms with E-state index in [4.69, 9.17) is 4.74 Å². The number of amides is 1. The van der Waals surface area contributed by atoms with Crippen molar-refractivity contribution >= 4 is 28.1 Å². The van der Waals surface area contributed by atoms with Crippen LogP contribution < -0.4 is 10.2 Å². The lowest BCUT2D eigenvalue weighted by atomic mass is 10.1. The van der Waals surface area contributed by atoms with Gasteiger partial charge in [-0.1, -0.05) is 54.1 Å². The molecule has 0 heterocycles. The highest BCUT2D eigenvalue weighted by molar-refractivity contribution is 9.10. The third kappa shape index (κ3) is 5.28. The molecule has 4 nitrogen and oxygen atoms in total. The molecule has 0 saturated carbocycles. The number of halogens is 1. The number of rotatable bonds is 6. The molecule has 5 heteroatoms. The summed E-state index contributed by atoms with van der Waals surface area (Å²) in [7, 11) is 0. The Labute approximate surface area is 167 Å². The number of aryl methyl sites for hydroxylation is 1. The van der Waals surface area contributed by atoms with Crippen LogP contribution in [0.4, 0.5) is 0 Å². The Kier molecular flexibility index (Phi) is 6.39. The lowest BCUT2D eigenvalue weighted by Gasteiger charge is -2.09. The highest BCUT2D eigenvalue weighted by atomic mass is 79.9. The summed E-state index contributed by atoms with van der Waals surface area (Å²) < 4.78 is 6.63. The minimum Gasteiger partial charge on any atom is -0.488 e. The molecule has 0 aliphatic carbocycles. The zero-order valence-corrected chi connectivity index (χ0v) is 16.4. The Balaban J connectivity index is 1.65. The zero-order chi connectivity index (χ0) is 19.1. The monoisotopic (exact) mass is 422 g/mol. The lowest BCUT2D eigenvalue weighted by Crippen LogP contribution is -2.18. The maximum atomic E-state index is 12.2. The summed E-state index contributed by atoms with van der Waals surface area (Å²) in [5, 5.41) is 4.06. The van der Waals surface area contributed by atoms with Crippen LogP contribution in [0.3, 0.4) is 0 Å². The first kappa shape index (κ1) is 18.9. The first-order valence-corrected chi connectivity index (χ1v) is 9.28. The Hall–Kier alpha value is -2.92. The van der Waals surface area contributed by atoms with E-state index < -0.39 is 0 Å². The van der Waals surface area contributed by atoms with Crippen molar-refractivity contribution in [1.82, 2.24) is 5.43 Å². The normalized spacial score (nSPS) is 10.7. The minimum atomic E-state index is -0.281. The molecule has 27 heavy (non-hydrogen) atoms. The summed E-state index contributed by atoms with van der Waals surface area (Å²) in [6.45, 7) is 2.52. The van der Waals surface area contributed by atoms with Crippen LogP contribution in [0.2, 0.25) is 0 Å². The summed E-state index contributed by atoms with van der Waals surface area (Å²) >= 11 is 3.36. The molecule has 3 rings (SSSR count). The number of hydrogen-bond donors (Lipinski definition) is 1. The first-order chi connectivity index (χ1) is 13.1. The van der Waals surface area contributed by atoms with Gasteiger partial charge in [0.05, 0.1) is 11.8 Å². The number of carbonyl (C=O) groups is 1. The summed E-state index contributed by atoms with van der Waals surface area (Å²) in [4.78, 5) is 12.2. The third-order valence-electron chi connectivity index (χ3n) is 3.92. The number of hydrogen-bond acceptors (Lipinski definition) is 3. The van der Waals surface area contributed by atoms with Gasteiger partial charge in [-0.2, -0.15) is 5.10 Å². The van der Waals surface area contributed by atoms with Gasteiger partial charge in [0.25, 0.3) is 5.91 Å². The van der Waals surface area contributed by atoms with Crippen molar-refractivity contribution in [3.8, 4) is 5.75 Å². The van der Waals surface area contributed by atoms with Crippen LogP contribution in [0.15, 0.2) is 82.4 Å². The second kappa shape index (κ2) is 9.14. The third-order valence-corrected chi connectivity index (χ3v) is 4.61. The molecule has 0 spiro atoms. The summed E-state index contributed by atoms with van der Waals surface area (Å²) in [5.41, 5.74) is 6.16. The van der Waals surface area contributed by atoms with Gasteiger partial charge in [0.15, 0.2) is 0 Å². The highest BCUT2D eigenvalue weighted by Crippen LogP contribution is 2.18. The number of nitrogens with zero attached hydrogens (tertiary/aromatic N) is 1. The van der Waals surface area contributed by atoms with Gasteiger partial charge in [0, 0.05) is 10.0 Å². The first-order valence-electron chi connectivity index (χ1n) is 8.49. The molecule has 0 saturated heterocycles. The van der Waals surface area contributed by atoms with Gasteiger partial charge in [-0.05, 0) is 52.7 Å². The van der Waals surface area contributed by atoms with Gasteiger partial charge in [-0.15, -0.1) is 0 Å². The van der Waals surface area contributed by atoms with Crippen molar-refractivity contribution in [3.05, 3.63) is 99.5 Å². The van der Waals surface area contributed by atoms with Gasteiger partial charge in [-0.25, -0.2) is 5.43 Å². The Bertz CT molecular complexity index is 953. The van der Waals surface area contributed by atoms with E-state index in [1.165, 1.54) is 5.56 Å². The fraction of sp³-hybridized carbons (Fsp3) is 0.0909. The van der Waals surface area contributed by atoms with Gasteiger partial charge in [0.1, 0.15) is 12.4 Å². The Morgan fingerprint density at radius 2 is 1.74 bits per heavy atom. The predicted molar refractivity (Wildman–Crippen MR) is 111 cm³/mol. The molecular formula is C22H19BrN2O2. The van der Waals surface area contributed by atoms with Crippen molar-refractivity contribution in [2.75, 3.05) is 0 Å². The molecule has 0 unspecified atom stereocenters. The van der Waals surface area contributed by atoms with E-state index >= 15 is 0 Å². The smallest absolute Gasteiger partial charge is 0.272 e. The molecule has 0 fully saturated rings. The van der Waals surface area contributed by atoms with Gasteiger partial charge in [-0.3, -0.25) is 4.79 Å². The molecule has 0 aliphatic rings. The average molecular weight is 423 g/mol. The lowest BCUT2D eigenvalue weighted by molar-refractivity contribution is 0.0954. The van der Waals surface area contributed by atoms with E-state index in [-0.39, 0.29) is 5.91 Å². The van der Waals surface area contributed by atoms with Crippen molar-refractivity contribution < 1.29 is 9.53 Å². The van der Waals surface area contributed by atoms with E-state index in [0.717, 1.165) is 15.6 Å². The molecule has 0 radical (unpaired) electrons. The maximum absolute atomic E-state index is 12.2. The molecular weight excluding hydrogens is 404 g/mol. The molecule has 3 aromatic carbocycles. The van der Waals surface area contributed by atoms with E-state index in [2.05, 4.69) is 45.5 Å². The van der Waals surface area contributed by atoms with E-state index in [1.54, 1.807) is 18.3 Å². The molecule has 136 valence electrons. The molecule has 3 aromatic rings. The van der Waals surface area contributed by atoms with Crippen molar-refractivity contribution in [3.63, 3.8) is 0 Å². The summed E-state index contributed by atoms with van der Waals surface area (Å²) in [6, 6.07) is 23.0. The van der Waals surface area contributed by atoms with Gasteiger partial charge < -0.3 is 4.74 Å². The summed E-state index contributed by atoms with van der Waals surface area (Å²) in [5.74, 6) is 0.425. The predicted octanol–water partition coefficient (Wildman–Crippen LogP) is 5.10. The Morgan fingerprint density at radius 3 is 2.52 bits per heavy atom. The standard InChI is InChI=1S/C22H19BrN2O2/c1-16-10-12-17(13-11-16)15-27-21-9-5-2-6-18(21)14-24-25-22(26)19-7-3-4-8-20(19)23/h2-14H,15H2,1H3,(H,25,26)/b24-14+. The minimum absolute atomic E-state index is 0.281.